The molecular weight excluding hydrogens is 266 g/mol. The average molecular weight is 289 g/mol. The van der Waals surface area contributed by atoms with E-state index in [9.17, 15) is 0 Å². The topological polar surface area (TPSA) is 43.8 Å². The van der Waals surface area contributed by atoms with Crippen molar-refractivity contribution < 1.29 is 0 Å². The Hall–Kier alpha value is -1.13. The highest BCUT2D eigenvalue weighted by Crippen LogP contribution is 2.40. The van der Waals surface area contributed by atoms with Crippen LogP contribution < -0.4 is 5.73 Å². The molecular formula is C16H23N3S. The van der Waals surface area contributed by atoms with Crippen molar-refractivity contribution in [1.29, 1.82) is 0 Å². The maximum atomic E-state index is 6.34. The molecule has 20 heavy (non-hydrogen) atoms. The fraction of sp³-hybridized carbons (Fsp3) is 0.562. The van der Waals surface area contributed by atoms with Crippen molar-refractivity contribution in [3.8, 4) is 0 Å². The van der Waals surface area contributed by atoms with E-state index in [1.807, 2.05) is 6.20 Å². The Bertz CT molecular complexity index is 583. The first-order valence-electron chi connectivity index (χ1n) is 7.29. The number of hydrogen-bond acceptors (Lipinski definition) is 3. The maximum Gasteiger partial charge on any atom is 0.0970 e. The Morgan fingerprint density at radius 2 is 2.35 bits per heavy atom. The average Bonchev–Trinajstić information content (AvgIpc) is 2.98. The Morgan fingerprint density at radius 1 is 1.55 bits per heavy atom. The first-order chi connectivity index (χ1) is 9.46. The Labute approximate surface area is 124 Å². The lowest BCUT2D eigenvalue weighted by atomic mass is 9.74. The number of nitrogens with zero attached hydrogens (tertiary/aromatic N) is 2. The van der Waals surface area contributed by atoms with Crippen molar-refractivity contribution in [3.05, 3.63) is 40.1 Å². The molecule has 2 heterocycles. The summed E-state index contributed by atoms with van der Waals surface area (Å²) in [7, 11) is 0. The van der Waals surface area contributed by atoms with Crippen LogP contribution in [0.4, 0.5) is 0 Å². The van der Waals surface area contributed by atoms with Crippen molar-refractivity contribution in [3.63, 3.8) is 0 Å². The summed E-state index contributed by atoms with van der Waals surface area (Å²) in [6.45, 7) is 7.87. The Balaban J connectivity index is 1.86. The number of hydrogen-bond donors (Lipinski definition) is 1. The van der Waals surface area contributed by atoms with Gasteiger partial charge in [0.05, 0.1) is 5.01 Å². The standard InChI is InChI=1S/C16H23N3S/c1-11(15-18-5-7-20-15)10-19-6-4-12-13(17)8-16(2,3)9-14(12)19/h4-7,11,13H,8-10,17H2,1-3H3. The number of aromatic nitrogens is 2. The maximum absolute atomic E-state index is 6.34. The zero-order valence-electron chi connectivity index (χ0n) is 12.5. The minimum atomic E-state index is 0.185. The molecule has 2 atom stereocenters. The summed E-state index contributed by atoms with van der Waals surface area (Å²) in [5, 5.41) is 3.27. The molecule has 0 aromatic carbocycles. The first kappa shape index (κ1) is 13.8. The van der Waals surface area contributed by atoms with Crippen molar-refractivity contribution in [1.82, 2.24) is 9.55 Å². The minimum Gasteiger partial charge on any atom is -0.350 e. The summed E-state index contributed by atoms with van der Waals surface area (Å²) >= 11 is 1.74. The van der Waals surface area contributed by atoms with Gasteiger partial charge in [-0.05, 0) is 29.9 Å². The molecule has 1 aliphatic carbocycles. The molecule has 1 aliphatic rings. The fourth-order valence-corrected chi connectivity index (χ4v) is 4.01. The lowest BCUT2D eigenvalue weighted by Crippen LogP contribution is -2.30. The molecule has 3 rings (SSSR count). The minimum absolute atomic E-state index is 0.185. The normalized spacial score (nSPS) is 22.5. The van der Waals surface area contributed by atoms with Crippen molar-refractivity contribution in [2.75, 3.05) is 0 Å². The van der Waals surface area contributed by atoms with Gasteiger partial charge in [0.1, 0.15) is 0 Å². The predicted molar refractivity (Wildman–Crippen MR) is 84.0 cm³/mol. The summed E-state index contributed by atoms with van der Waals surface area (Å²) < 4.78 is 2.39. The highest BCUT2D eigenvalue weighted by Gasteiger charge is 2.32. The smallest absolute Gasteiger partial charge is 0.0970 e. The molecule has 0 bridgehead atoms. The molecule has 4 heteroatoms. The zero-order chi connectivity index (χ0) is 14.3. The molecule has 108 valence electrons. The highest BCUT2D eigenvalue weighted by atomic mass is 32.1. The fourth-order valence-electron chi connectivity index (χ4n) is 3.32. The second-order valence-corrected chi connectivity index (χ2v) is 7.72. The van der Waals surface area contributed by atoms with Crippen LogP contribution in [0.3, 0.4) is 0 Å². The van der Waals surface area contributed by atoms with E-state index in [0.717, 1.165) is 19.4 Å². The van der Waals surface area contributed by atoms with Crippen LogP contribution in [0.25, 0.3) is 0 Å². The lowest BCUT2D eigenvalue weighted by molar-refractivity contribution is 0.274. The van der Waals surface area contributed by atoms with Gasteiger partial charge in [0.2, 0.25) is 0 Å². The summed E-state index contributed by atoms with van der Waals surface area (Å²) in [5.41, 5.74) is 9.41. The number of rotatable bonds is 3. The molecule has 0 spiro atoms. The van der Waals surface area contributed by atoms with Crippen LogP contribution in [0.5, 0.6) is 0 Å². The van der Waals surface area contributed by atoms with Gasteiger partial charge in [-0.25, -0.2) is 4.98 Å². The van der Waals surface area contributed by atoms with E-state index in [1.54, 1.807) is 11.3 Å². The van der Waals surface area contributed by atoms with Crippen LogP contribution in [0.2, 0.25) is 0 Å². The number of nitrogens with two attached hydrogens (primary N) is 1. The van der Waals surface area contributed by atoms with E-state index in [4.69, 9.17) is 5.73 Å². The van der Waals surface area contributed by atoms with Crippen molar-refractivity contribution in [2.45, 2.75) is 52.1 Å². The Kier molecular flexibility index (Phi) is 3.46. The van der Waals surface area contributed by atoms with Crippen LogP contribution in [0.1, 0.15) is 55.4 Å². The quantitative estimate of drug-likeness (QED) is 0.936. The molecule has 0 radical (unpaired) electrons. The summed E-state index contributed by atoms with van der Waals surface area (Å²) in [5.74, 6) is 0.452. The van der Waals surface area contributed by atoms with Gasteiger partial charge < -0.3 is 10.3 Å². The molecule has 0 saturated carbocycles. The highest BCUT2D eigenvalue weighted by molar-refractivity contribution is 7.09. The van der Waals surface area contributed by atoms with E-state index in [1.165, 1.54) is 16.3 Å². The summed E-state index contributed by atoms with van der Waals surface area (Å²) in [6.07, 6.45) is 6.29. The molecule has 0 aliphatic heterocycles. The zero-order valence-corrected chi connectivity index (χ0v) is 13.3. The second-order valence-electron chi connectivity index (χ2n) is 6.79. The van der Waals surface area contributed by atoms with Gasteiger partial charge in [0.25, 0.3) is 0 Å². The van der Waals surface area contributed by atoms with Crippen molar-refractivity contribution in [2.24, 2.45) is 11.1 Å². The molecule has 2 unspecified atom stereocenters. The van der Waals surface area contributed by atoms with Gasteiger partial charge in [0.15, 0.2) is 0 Å². The van der Waals surface area contributed by atoms with E-state index in [0.29, 0.717) is 11.3 Å². The first-order valence-corrected chi connectivity index (χ1v) is 8.17. The summed E-state index contributed by atoms with van der Waals surface area (Å²) in [4.78, 5) is 4.43. The summed E-state index contributed by atoms with van der Waals surface area (Å²) in [6, 6.07) is 2.40. The molecule has 0 fully saturated rings. The van der Waals surface area contributed by atoms with Crippen LogP contribution >= 0.6 is 11.3 Å². The number of fused-ring (bicyclic) bond motifs is 1. The van der Waals surface area contributed by atoms with Gasteiger partial charge >= 0.3 is 0 Å². The lowest BCUT2D eigenvalue weighted by Gasteiger charge is -2.34. The molecule has 2 aromatic rings. The largest absolute Gasteiger partial charge is 0.350 e. The monoisotopic (exact) mass is 289 g/mol. The van der Waals surface area contributed by atoms with E-state index in [-0.39, 0.29) is 6.04 Å². The third-order valence-corrected chi connectivity index (χ3v) is 5.28. The van der Waals surface area contributed by atoms with E-state index in [2.05, 4.69) is 48.0 Å². The van der Waals surface area contributed by atoms with Gasteiger partial charge in [-0.1, -0.05) is 20.8 Å². The second kappa shape index (κ2) is 5.01. The van der Waals surface area contributed by atoms with E-state index < -0.39 is 0 Å². The molecule has 3 nitrogen and oxygen atoms in total. The molecule has 0 saturated heterocycles. The van der Waals surface area contributed by atoms with Crippen LogP contribution in [0, 0.1) is 5.41 Å². The Morgan fingerprint density at radius 3 is 3.05 bits per heavy atom. The van der Waals surface area contributed by atoms with Crippen LogP contribution in [0.15, 0.2) is 23.8 Å². The SMILES string of the molecule is CC(Cn1ccc2c1CC(C)(C)CC2N)c1nccs1. The predicted octanol–water partition coefficient (Wildman–Crippen LogP) is 3.72. The van der Waals surface area contributed by atoms with E-state index >= 15 is 0 Å². The van der Waals surface area contributed by atoms with Gasteiger partial charge in [-0.3, -0.25) is 0 Å². The molecule has 0 amide bonds. The molecule has 2 aromatic heterocycles. The third kappa shape index (κ3) is 2.54. The molecule has 2 N–H and O–H groups in total. The van der Waals surface area contributed by atoms with Crippen molar-refractivity contribution >= 4 is 11.3 Å². The van der Waals surface area contributed by atoms with Crippen LogP contribution in [-0.2, 0) is 13.0 Å². The third-order valence-electron chi connectivity index (χ3n) is 4.28. The number of thiazole rings is 1. The van der Waals surface area contributed by atoms with Gasteiger partial charge in [-0.15, -0.1) is 11.3 Å². The van der Waals surface area contributed by atoms with Crippen LogP contribution in [-0.4, -0.2) is 9.55 Å². The van der Waals surface area contributed by atoms with Gasteiger partial charge in [0, 0.05) is 42.0 Å². The van der Waals surface area contributed by atoms with Gasteiger partial charge in [-0.2, -0.15) is 0 Å².